The van der Waals surface area contributed by atoms with Gasteiger partial charge in [-0.1, -0.05) is 17.7 Å². The minimum absolute atomic E-state index is 0.0382. The molecule has 0 radical (unpaired) electrons. The van der Waals surface area contributed by atoms with Gasteiger partial charge >= 0.3 is 6.09 Å². The molecule has 5 rings (SSSR count). The summed E-state index contributed by atoms with van der Waals surface area (Å²) in [6.45, 7) is 4.11. The summed E-state index contributed by atoms with van der Waals surface area (Å²) in [4.78, 5) is 21.3. The van der Waals surface area contributed by atoms with Crippen molar-refractivity contribution in [2.45, 2.75) is 45.3 Å². The van der Waals surface area contributed by atoms with Gasteiger partial charge in [0.1, 0.15) is 10.8 Å². The van der Waals surface area contributed by atoms with Crippen molar-refractivity contribution < 1.29 is 14.3 Å². The van der Waals surface area contributed by atoms with E-state index < -0.39 is 6.09 Å². The van der Waals surface area contributed by atoms with Crippen LogP contribution in [0.15, 0.2) is 36.7 Å². The van der Waals surface area contributed by atoms with Gasteiger partial charge in [-0.3, -0.25) is 4.40 Å². The number of aromatic nitrogens is 5. The normalized spacial score (nSPS) is 13.8. The van der Waals surface area contributed by atoms with Gasteiger partial charge in [-0.05, 0) is 44.7 Å². The molecule has 1 saturated carbocycles. The van der Waals surface area contributed by atoms with Crippen LogP contribution >= 0.6 is 11.6 Å². The largest absolute Gasteiger partial charge is 0.476 e. The number of amides is 1. The number of pyridine rings is 1. The Kier molecular flexibility index (Phi) is 4.90. The molecule has 0 unspecified atom stereocenters. The van der Waals surface area contributed by atoms with E-state index in [1.54, 1.807) is 6.20 Å². The molecule has 0 aromatic carbocycles. The lowest BCUT2D eigenvalue weighted by molar-refractivity contribution is 0.196. The second kappa shape index (κ2) is 7.73. The van der Waals surface area contributed by atoms with E-state index in [0.717, 1.165) is 24.1 Å². The zero-order valence-corrected chi connectivity index (χ0v) is 17.8. The van der Waals surface area contributed by atoms with Crippen molar-refractivity contribution in [2.75, 3.05) is 0 Å². The first-order valence-corrected chi connectivity index (χ1v) is 10.5. The summed E-state index contributed by atoms with van der Waals surface area (Å²) in [5.41, 5.74) is 3.05. The predicted octanol–water partition coefficient (Wildman–Crippen LogP) is 3.98. The van der Waals surface area contributed by atoms with Gasteiger partial charge in [-0.25, -0.2) is 14.8 Å². The molecule has 9 nitrogen and oxygen atoms in total. The van der Waals surface area contributed by atoms with E-state index in [1.165, 1.54) is 10.6 Å². The van der Waals surface area contributed by atoms with Crippen molar-refractivity contribution in [1.82, 2.24) is 29.3 Å². The van der Waals surface area contributed by atoms with Crippen molar-refractivity contribution in [3.8, 4) is 11.8 Å². The lowest BCUT2D eigenvalue weighted by Crippen LogP contribution is -2.27. The molecule has 0 saturated heterocycles. The van der Waals surface area contributed by atoms with Gasteiger partial charge in [-0.15, -0.1) is 0 Å². The minimum Gasteiger partial charge on any atom is -0.476 e. The third kappa shape index (κ3) is 4.00. The van der Waals surface area contributed by atoms with Crippen LogP contribution in [0.4, 0.5) is 4.79 Å². The molecule has 0 atom stereocenters. The van der Waals surface area contributed by atoms with Crippen LogP contribution in [0.2, 0.25) is 5.15 Å². The van der Waals surface area contributed by atoms with Crippen molar-refractivity contribution in [1.29, 1.82) is 0 Å². The molecule has 0 spiro atoms. The average Bonchev–Trinajstić information content (AvgIpc) is 3.32. The number of nitrogens with zero attached hydrogens (tertiary/aromatic N) is 5. The molecule has 4 aromatic heterocycles. The van der Waals surface area contributed by atoms with E-state index in [0.29, 0.717) is 23.1 Å². The number of imidazole rings is 1. The Balaban J connectivity index is 1.30. The molecule has 1 aliphatic rings. The maximum atomic E-state index is 12.4. The summed E-state index contributed by atoms with van der Waals surface area (Å²) < 4.78 is 14.6. The number of carbonyl (C=O) groups excluding carboxylic acids is 1. The van der Waals surface area contributed by atoms with Gasteiger partial charge < -0.3 is 14.8 Å². The quantitative estimate of drug-likeness (QED) is 0.455. The number of fused-ring (bicyclic) bond motifs is 2. The lowest BCUT2D eigenvalue weighted by Gasteiger charge is -2.10. The third-order valence-electron chi connectivity index (χ3n) is 4.92. The number of hydrogen-bond acceptors (Lipinski definition) is 6. The van der Waals surface area contributed by atoms with Crippen LogP contribution in [0.1, 0.15) is 43.9 Å². The molecule has 1 fully saturated rings. The maximum absolute atomic E-state index is 12.4. The standard InChI is InChI=1S/C21H21ClN6O3/c1-12(2)30-18-5-3-4-17-25-14(11-27(17)18)9-23-21(29)31-19-8-16(22)26-20-15(13-6-7-13)10-24-28(19)20/h3-5,8,10-13H,6-7,9H2,1-2H3,(H,23,29). The fourth-order valence-corrected chi connectivity index (χ4v) is 3.61. The van der Waals surface area contributed by atoms with E-state index in [9.17, 15) is 4.79 Å². The van der Waals surface area contributed by atoms with E-state index in [4.69, 9.17) is 21.1 Å². The second-order valence-corrected chi connectivity index (χ2v) is 8.15. The summed E-state index contributed by atoms with van der Waals surface area (Å²) in [5.74, 6) is 1.35. The second-order valence-electron chi connectivity index (χ2n) is 7.76. The number of hydrogen-bond donors (Lipinski definition) is 1. The summed E-state index contributed by atoms with van der Waals surface area (Å²) in [6, 6.07) is 7.10. The Bertz CT molecular complexity index is 1280. The average molecular weight is 441 g/mol. The highest BCUT2D eigenvalue weighted by Crippen LogP contribution is 2.42. The van der Waals surface area contributed by atoms with E-state index >= 15 is 0 Å². The SMILES string of the molecule is CC(C)Oc1cccc2nc(CNC(=O)Oc3cc(Cl)nc4c(C5CC5)cnn34)cn12. The summed E-state index contributed by atoms with van der Waals surface area (Å²) >= 11 is 6.14. The molecular formula is C21H21ClN6O3. The molecule has 0 bridgehead atoms. The van der Waals surface area contributed by atoms with Crippen LogP contribution in [-0.2, 0) is 6.54 Å². The highest BCUT2D eigenvalue weighted by molar-refractivity contribution is 6.29. The highest BCUT2D eigenvalue weighted by atomic mass is 35.5. The molecule has 0 aliphatic heterocycles. The minimum atomic E-state index is -0.636. The smallest absolute Gasteiger partial charge is 0.414 e. The molecule has 1 aliphatic carbocycles. The molecule has 1 N–H and O–H groups in total. The number of halogens is 1. The van der Waals surface area contributed by atoms with Gasteiger partial charge in [0, 0.05) is 17.8 Å². The van der Waals surface area contributed by atoms with Crippen LogP contribution in [0, 0.1) is 0 Å². The Morgan fingerprint density at radius 3 is 2.90 bits per heavy atom. The van der Waals surface area contributed by atoms with Crippen LogP contribution in [0.25, 0.3) is 11.3 Å². The van der Waals surface area contributed by atoms with Crippen molar-refractivity contribution in [2.24, 2.45) is 0 Å². The first kappa shape index (κ1) is 19.6. The lowest BCUT2D eigenvalue weighted by atomic mass is 10.2. The Morgan fingerprint density at radius 1 is 1.29 bits per heavy atom. The monoisotopic (exact) mass is 440 g/mol. The summed E-state index contributed by atoms with van der Waals surface area (Å²) in [7, 11) is 0. The van der Waals surface area contributed by atoms with Gasteiger partial charge in [0.25, 0.3) is 0 Å². The number of rotatable bonds is 6. The van der Waals surface area contributed by atoms with Gasteiger partial charge in [0.15, 0.2) is 11.5 Å². The van der Waals surface area contributed by atoms with E-state index in [2.05, 4.69) is 20.4 Å². The van der Waals surface area contributed by atoms with E-state index in [-0.39, 0.29) is 23.7 Å². The highest BCUT2D eigenvalue weighted by Gasteiger charge is 2.28. The first-order chi connectivity index (χ1) is 15.0. The van der Waals surface area contributed by atoms with Crippen LogP contribution in [-0.4, -0.2) is 36.2 Å². The number of nitrogens with one attached hydrogen (secondary N) is 1. The zero-order valence-electron chi connectivity index (χ0n) is 17.1. The molecule has 4 heterocycles. The molecule has 160 valence electrons. The molecule has 4 aromatic rings. The number of carbonyl (C=O) groups is 1. The predicted molar refractivity (Wildman–Crippen MR) is 114 cm³/mol. The van der Waals surface area contributed by atoms with E-state index in [1.807, 2.05) is 42.6 Å². The van der Waals surface area contributed by atoms with Crippen molar-refractivity contribution in [3.05, 3.63) is 53.1 Å². The van der Waals surface area contributed by atoms with Crippen LogP contribution in [0.3, 0.4) is 0 Å². The topological polar surface area (TPSA) is 95.0 Å². The summed E-state index contributed by atoms with van der Waals surface area (Å²) in [6.07, 6.45) is 5.20. The van der Waals surface area contributed by atoms with Crippen molar-refractivity contribution >= 4 is 29.0 Å². The molecular weight excluding hydrogens is 420 g/mol. The maximum Gasteiger partial charge on any atom is 0.414 e. The fraction of sp³-hybridized carbons (Fsp3) is 0.333. The van der Waals surface area contributed by atoms with Gasteiger partial charge in [-0.2, -0.15) is 9.61 Å². The zero-order chi connectivity index (χ0) is 21.5. The van der Waals surface area contributed by atoms with Gasteiger partial charge in [0.05, 0.1) is 24.5 Å². The Morgan fingerprint density at radius 2 is 2.13 bits per heavy atom. The number of ether oxygens (including phenoxy) is 2. The van der Waals surface area contributed by atoms with Crippen molar-refractivity contribution in [3.63, 3.8) is 0 Å². The molecule has 10 heteroatoms. The molecule has 31 heavy (non-hydrogen) atoms. The Hall–Kier alpha value is -3.33. The Labute approximate surface area is 183 Å². The third-order valence-corrected chi connectivity index (χ3v) is 5.12. The molecule has 1 amide bonds. The first-order valence-electron chi connectivity index (χ1n) is 10.1. The van der Waals surface area contributed by atoms with Crippen LogP contribution in [0.5, 0.6) is 11.8 Å². The van der Waals surface area contributed by atoms with Crippen LogP contribution < -0.4 is 14.8 Å². The summed E-state index contributed by atoms with van der Waals surface area (Å²) in [5, 5.41) is 7.27. The van der Waals surface area contributed by atoms with Gasteiger partial charge in [0.2, 0.25) is 5.88 Å². The fourth-order valence-electron chi connectivity index (χ4n) is 3.43.